The fourth-order valence-corrected chi connectivity index (χ4v) is 4.73. The van der Waals surface area contributed by atoms with Gasteiger partial charge in [-0.3, -0.25) is 4.79 Å². The van der Waals surface area contributed by atoms with Gasteiger partial charge in [0.25, 0.3) is 5.91 Å². The molecule has 2 aliphatic heterocycles. The number of fused-ring (bicyclic) bond motifs is 1. The van der Waals surface area contributed by atoms with Crippen LogP contribution < -0.4 is 10.1 Å². The molecule has 0 radical (unpaired) electrons. The molecule has 6 nitrogen and oxygen atoms in total. The molecular weight excluding hydrogens is 432 g/mol. The Kier molecular flexibility index (Phi) is 4.13. The molecule has 1 spiro atoms. The lowest BCUT2D eigenvalue weighted by molar-refractivity contribution is -0.274. The molecule has 144 valence electrons. The van der Waals surface area contributed by atoms with Gasteiger partial charge in [0.1, 0.15) is 22.8 Å². The highest BCUT2D eigenvalue weighted by molar-refractivity contribution is 7.21. The van der Waals surface area contributed by atoms with E-state index in [4.69, 9.17) is 27.9 Å². The summed E-state index contributed by atoms with van der Waals surface area (Å²) in [4.78, 5) is 25.5. The van der Waals surface area contributed by atoms with Crippen LogP contribution in [0.5, 0.6) is 5.75 Å². The summed E-state index contributed by atoms with van der Waals surface area (Å²) in [6.45, 7) is 0.681. The van der Waals surface area contributed by atoms with Crippen molar-refractivity contribution >= 4 is 56.6 Å². The number of carbonyl (C=O) groups excluding carboxylic acids is 2. The van der Waals surface area contributed by atoms with Crippen LogP contribution in [-0.4, -0.2) is 48.5 Å². The van der Waals surface area contributed by atoms with Crippen molar-refractivity contribution in [2.75, 3.05) is 19.7 Å². The number of rotatable bonds is 2. The van der Waals surface area contributed by atoms with E-state index in [2.05, 4.69) is 10.1 Å². The molecule has 12 heteroatoms. The van der Waals surface area contributed by atoms with E-state index in [9.17, 15) is 22.8 Å². The van der Waals surface area contributed by atoms with E-state index in [0.717, 1.165) is 17.4 Å². The van der Waals surface area contributed by atoms with Crippen molar-refractivity contribution in [3.63, 3.8) is 0 Å². The van der Waals surface area contributed by atoms with Crippen molar-refractivity contribution in [1.29, 1.82) is 0 Å². The number of amides is 2. The summed E-state index contributed by atoms with van der Waals surface area (Å²) >= 11 is 13.0. The first-order valence-corrected chi connectivity index (χ1v) is 9.06. The zero-order valence-electron chi connectivity index (χ0n) is 13.2. The normalized spacial score (nSPS) is 18.4. The van der Waals surface area contributed by atoms with E-state index in [-0.39, 0.29) is 40.5 Å². The summed E-state index contributed by atoms with van der Waals surface area (Å²) in [5.41, 5.74) is -0.590. The Bertz CT molecular complexity index is 972. The number of nitrogens with zero attached hydrogens (tertiary/aromatic N) is 1. The van der Waals surface area contributed by atoms with Gasteiger partial charge in [0.2, 0.25) is 0 Å². The van der Waals surface area contributed by atoms with Crippen LogP contribution in [0.2, 0.25) is 10.0 Å². The molecule has 2 aromatic rings. The minimum atomic E-state index is -4.89. The summed E-state index contributed by atoms with van der Waals surface area (Å²) < 4.78 is 46.5. The maximum absolute atomic E-state index is 12.7. The number of alkyl carbamates (subject to hydrolysis) is 1. The van der Waals surface area contributed by atoms with Gasteiger partial charge in [0, 0.05) is 23.2 Å². The van der Waals surface area contributed by atoms with Gasteiger partial charge in [-0.1, -0.05) is 23.2 Å². The van der Waals surface area contributed by atoms with Crippen molar-refractivity contribution in [1.82, 2.24) is 10.2 Å². The minimum absolute atomic E-state index is 0.105. The Balaban J connectivity index is 1.60. The average molecular weight is 441 g/mol. The number of cyclic esters (lactones) is 1. The number of likely N-dealkylation sites (tertiary alicyclic amines) is 1. The van der Waals surface area contributed by atoms with Gasteiger partial charge in [0.05, 0.1) is 10.0 Å². The molecular formula is C15H9Cl2F3N2O4S. The van der Waals surface area contributed by atoms with Gasteiger partial charge in [-0.05, 0) is 12.1 Å². The second kappa shape index (κ2) is 6.05. The summed E-state index contributed by atoms with van der Waals surface area (Å²) in [6.07, 6.45) is -5.43. The average Bonchev–Trinajstić information content (AvgIpc) is 3.06. The number of carbonyl (C=O) groups is 2. The molecule has 4 rings (SSSR count). The number of thiophene rings is 1. The van der Waals surface area contributed by atoms with Gasteiger partial charge < -0.3 is 19.7 Å². The molecule has 0 unspecified atom stereocenters. The van der Waals surface area contributed by atoms with E-state index in [1.54, 1.807) is 0 Å². The SMILES string of the molecule is O=C1NC2(CO1)CN(C(=O)c1sc3cc(OC(F)(F)F)c(Cl)cc3c1Cl)C2. The van der Waals surface area contributed by atoms with E-state index in [1.807, 2.05) is 0 Å². The van der Waals surface area contributed by atoms with Crippen molar-refractivity contribution in [3.8, 4) is 5.75 Å². The molecule has 2 fully saturated rings. The number of hydrogen-bond acceptors (Lipinski definition) is 5. The van der Waals surface area contributed by atoms with Gasteiger partial charge in [-0.25, -0.2) is 4.79 Å². The van der Waals surface area contributed by atoms with Crippen molar-refractivity contribution in [2.45, 2.75) is 11.9 Å². The predicted molar refractivity (Wildman–Crippen MR) is 91.6 cm³/mol. The lowest BCUT2D eigenvalue weighted by Crippen LogP contribution is -2.69. The maximum atomic E-state index is 12.7. The van der Waals surface area contributed by atoms with Gasteiger partial charge in [0.15, 0.2) is 0 Å². The van der Waals surface area contributed by atoms with Gasteiger partial charge in [-0.2, -0.15) is 0 Å². The molecule has 2 aliphatic rings. The second-order valence-corrected chi connectivity index (χ2v) is 8.05. The van der Waals surface area contributed by atoms with Crippen molar-refractivity contribution < 1.29 is 32.2 Å². The molecule has 0 atom stereocenters. The first kappa shape index (κ1) is 18.5. The number of ether oxygens (including phenoxy) is 2. The number of benzene rings is 1. The molecule has 0 bridgehead atoms. The Morgan fingerprint density at radius 2 is 2.04 bits per heavy atom. The summed E-state index contributed by atoms with van der Waals surface area (Å²) in [6, 6.07) is 2.33. The van der Waals surface area contributed by atoms with Crippen LogP contribution in [0.1, 0.15) is 9.67 Å². The molecule has 3 heterocycles. The van der Waals surface area contributed by atoms with Crippen LogP contribution in [0.3, 0.4) is 0 Å². The minimum Gasteiger partial charge on any atom is -0.447 e. The van der Waals surface area contributed by atoms with Crippen molar-refractivity contribution in [3.05, 3.63) is 27.1 Å². The molecule has 0 saturated carbocycles. The van der Waals surface area contributed by atoms with Crippen LogP contribution in [-0.2, 0) is 4.74 Å². The van der Waals surface area contributed by atoms with Crippen molar-refractivity contribution in [2.24, 2.45) is 0 Å². The first-order valence-electron chi connectivity index (χ1n) is 7.48. The predicted octanol–water partition coefficient (Wildman–Crippen LogP) is 4.04. The fraction of sp³-hybridized carbons (Fsp3) is 0.333. The Hall–Kier alpha value is -1.91. The molecule has 2 saturated heterocycles. The van der Waals surface area contributed by atoms with Crippen LogP contribution in [0.25, 0.3) is 10.1 Å². The van der Waals surface area contributed by atoms with Crippen LogP contribution in [0.15, 0.2) is 12.1 Å². The third-order valence-electron chi connectivity index (χ3n) is 4.22. The first-order chi connectivity index (χ1) is 12.6. The van der Waals surface area contributed by atoms with Gasteiger partial charge in [-0.15, -0.1) is 24.5 Å². The van der Waals surface area contributed by atoms with Crippen LogP contribution in [0.4, 0.5) is 18.0 Å². The third-order valence-corrected chi connectivity index (χ3v) is 6.16. The Morgan fingerprint density at radius 1 is 1.33 bits per heavy atom. The van der Waals surface area contributed by atoms with E-state index >= 15 is 0 Å². The molecule has 2 amide bonds. The largest absolute Gasteiger partial charge is 0.573 e. The van der Waals surface area contributed by atoms with Crippen LogP contribution >= 0.6 is 34.5 Å². The third kappa shape index (κ3) is 3.26. The smallest absolute Gasteiger partial charge is 0.447 e. The highest BCUT2D eigenvalue weighted by atomic mass is 35.5. The summed E-state index contributed by atoms with van der Waals surface area (Å²) in [7, 11) is 0. The summed E-state index contributed by atoms with van der Waals surface area (Å²) in [5.74, 6) is -0.954. The molecule has 1 aromatic carbocycles. The lowest BCUT2D eigenvalue weighted by atomic mass is 9.91. The second-order valence-electron chi connectivity index (χ2n) is 6.21. The highest BCUT2D eigenvalue weighted by Crippen LogP contribution is 2.43. The molecule has 1 aromatic heterocycles. The zero-order valence-corrected chi connectivity index (χ0v) is 15.5. The van der Waals surface area contributed by atoms with E-state index in [0.29, 0.717) is 10.1 Å². The highest BCUT2D eigenvalue weighted by Gasteiger charge is 2.51. The summed E-state index contributed by atoms with van der Waals surface area (Å²) in [5, 5.41) is 2.85. The quantitative estimate of drug-likeness (QED) is 0.764. The zero-order chi connectivity index (χ0) is 19.6. The molecule has 0 aliphatic carbocycles. The van der Waals surface area contributed by atoms with Gasteiger partial charge >= 0.3 is 12.5 Å². The number of alkyl halides is 3. The molecule has 1 N–H and O–H groups in total. The standard InChI is InChI=1S/C15H9Cl2F3N2O4S/c16-7-1-6-9(2-8(7)26-15(18,19)20)27-11(10(6)17)12(23)22-3-14(4-22)5-25-13(24)21-14/h1-2H,3-5H2,(H,21,24). The number of hydrogen-bond donors (Lipinski definition) is 1. The lowest BCUT2D eigenvalue weighted by Gasteiger charge is -2.45. The van der Waals surface area contributed by atoms with E-state index < -0.39 is 23.7 Å². The monoisotopic (exact) mass is 440 g/mol. The Labute approximate surface area is 163 Å². The van der Waals surface area contributed by atoms with Crippen LogP contribution in [0, 0.1) is 0 Å². The fourth-order valence-electron chi connectivity index (χ4n) is 3.04. The molecule has 27 heavy (non-hydrogen) atoms. The topological polar surface area (TPSA) is 67.9 Å². The number of nitrogens with one attached hydrogen (secondary N) is 1. The maximum Gasteiger partial charge on any atom is 0.573 e. The number of halogens is 5. The Morgan fingerprint density at radius 3 is 2.63 bits per heavy atom. The van der Waals surface area contributed by atoms with E-state index in [1.165, 1.54) is 11.0 Å².